The van der Waals surface area contributed by atoms with Gasteiger partial charge >= 0.3 is 0 Å². The van der Waals surface area contributed by atoms with Crippen LogP contribution in [0.25, 0.3) is 0 Å². The molecule has 6 nitrogen and oxygen atoms in total. The number of ether oxygens (including phenoxy) is 1. The fourth-order valence-electron chi connectivity index (χ4n) is 3.83. The number of benzene rings is 3. The molecule has 1 aliphatic rings. The van der Waals surface area contributed by atoms with Gasteiger partial charge in [0.1, 0.15) is 17.6 Å². The summed E-state index contributed by atoms with van der Waals surface area (Å²) in [7, 11) is 1.53. The average molecular weight is 446 g/mol. The third kappa shape index (κ3) is 4.62. The molecule has 3 amide bonds. The summed E-state index contributed by atoms with van der Waals surface area (Å²) in [6, 6.07) is 18.3. The zero-order valence-corrected chi connectivity index (χ0v) is 18.3. The molecule has 168 valence electrons. The van der Waals surface area contributed by atoms with Crippen molar-refractivity contribution in [1.29, 1.82) is 0 Å². The first-order chi connectivity index (χ1) is 15.9. The topological polar surface area (TPSA) is 66.9 Å². The third-order valence-electron chi connectivity index (χ3n) is 5.66. The molecule has 1 fully saturated rings. The van der Waals surface area contributed by atoms with Crippen LogP contribution in [0.4, 0.5) is 10.1 Å². The minimum absolute atomic E-state index is 0.0521. The molecule has 7 heteroatoms. The van der Waals surface area contributed by atoms with Crippen molar-refractivity contribution < 1.29 is 23.5 Å². The van der Waals surface area contributed by atoms with Crippen LogP contribution in [-0.2, 0) is 16.1 Å². The van der Waals surface area contributed by atoms with E-state index in [4.69, 9.17) is 4.74 Å². The molecule has 4 rings (SSSR count). The summed E-state index contributed by atoms with van der Waals surface area (Å²) in [6.07, 6.45) is -0.129. The normalized spacial score (nSPS) is 15.6. The number of anilines is 1. The van der Waals surface area contributed by atoms with Crippen molar-refractivity contribution in [2.75, 3.05) is 12.0 Å². The Kier molecular flexibility index (Phi) is 6.22. The minimum atomic E-state index is -0.974. The molecular formula is C26H23FN2O4. The van der Waals surface area contributed by atoms with E-state index in [2.05, 4.69) is 0 Å². The van der Waals surface area contributed by atoms with Gasteiger partial charge in [0.25, 0.3) is 11.8 Å². The van der Waals surface area contributed by atoms with E-state index in [0.717, 1.165) is 10.5 Å². The van der Waals surface area contributed by atoms with Gasteiger partial charge < -0.3 is 9.64 Å². The summed E-state index contributed by atoms with van der Waals surface area (Å²) in [4.78, 5) is 42.2. The Morgan fingerprint density at radius 1 is 1.00 bits per heavy atom. The molecule has 0 aromatic heterocycles. The molecule has 1 aliphatic heterocycles. The summed E-state index contributed by atoms with van der Waals surface area (Å²) in [5.74, 6) is -1.05. The number of carbonyl (C=O) groups excluding carboxylic acids is 3. The molecule has 33 heavy (non-hydrogen) atoms. The van der Waals surface area contributed by atoms with Crippen LogP contribution in [0, 0.1) is 12.7 Å². The van der Waals surface area contributed by atoms with Gasteiger partial charge in [-0.05, 0) is 61.0 Å². The Balaban J connectivity index is 1.67. The van der Waals surface area contributed by atoms with Crippen LogP contribution in [0.1, 0.15) is 27.9 Å². The number of hydrogen-bond acceptors (Lipinski definition) is 4. The molecule has 0 N–H and O–H groups in total. The van der Waals surface area contributed by atoms with Crippen molar-refractivity contribution >= 4 is 23.4 Å². The molecule has 0 aliphatic carbocycles. The van der Waals surface area contributed by atoms with E-state index in [1.54, 1.807) is 48.5 Å². The van der Waals surface area contributed by atoms with Crippen molar-refractivity contribution in [3.05, 3.63) is 95.3 Å². The van der Waals surface area contributed by atoms with E-state index in [9.17, 15) is 18.8 Å². The Morgan fingerprint density at radius 2 is 1.64 bits per heavy atom. The lowest BCUT2D eigenvalue weighted by Crippen LogP contribution is -2.45. The maximum Gasteiger partial charge on any atom is 0.257 e. The van der Waals surface area contributed by atoms with Crippen LogP contribution >= 0.6 is 0 Å². The van der Waals surface area contributed by atoms with E-state index in [-0.39, 0.29) is 18.9 Å². The second-order valence-corrected chi connectivity index (χ2v) is 7.91. The Morgan fingerprint density at radius 3 is 2.24 bits per heavy atom. The Bertz CT molecular complexity index is 1170. The van der Waals surface area contributed by atoms with Crippen LogP contribution in [0.5, 0.6) is 5.75 Å². The first-order valence-electron chi connectivity index (χ1n) is 10.5. The molecule has 1 unspecified atom stereocenters. The van der Waals surface area contributed by atoms with Crippen molar-refractivity contribution in [1.82, 2.24) is 4.90 Å². The lowest BCUT2D eigenvalue weighted by molar-refractivity contribution is -0.122. The Labute approximate surface area is 191 Å². The lowest BCUT2D eigenvalue weighted by Gasteiger charge is -2.28. The van der Waals surface area contributed by atoms with Gasteiger partial charge in [-0.25, -0.2) is 9.29 Å². The monoisotopic (exact) mass is 446 g/mol. The molecule has 0 saturated carbocycles. The van der Waals surface area contributed by atoms with Crippen LogP contribution in [-0.4, -0.2) is 35.8 Å². The molecule has 1 atom stereocenters. The highest BCUT2D eigenvalue weighted by molar-refractivity contribution is 6.23. The molecule has 0 radical (unpaired) electrons. The number of aryl methyl sites for hydroxylation is 1. The van der Waals surface area contributed by atoms with Gasteiger partial charge in [-0.2, -0.15) is 0 Å². The zero-order chi connectivity index (χ0) is 23.5. The van der Waals surface area contributed by atoms with Crippen molar-refractivity contribution in [2.45, 2.75) is 25.9 Å². The van der Waals surface area contributed by atoms with Gasteiger partial charge in [0.2, 0.25) is 5.91 Å². The fourth-order valence-corrected chi connectivity index (χ4v) is 3.83. The van der Waals surface area contributed by atoms with Crippen molar-refractivity contribution in [3.8, 4) is 5.75 Å². The highest BCUT2D eigenvalue weighted by Gasteiger charge is 2.44. The summed E-state index contributed by atoms with van der Waals surface area (Å²) in [5, 5.41) is 0. The number of methoxy groups -OCH3 is 1. The fraction of sp³-hybridized carbons (Fsp3) is 0.192. The molecule has 3 aromatic carbocycles. The van der Waals surface area contributed by atoms with Crippen molar-refractivity contribution in [2.24, 2.45) is 0 Å². The van der Waals surface area contributed by atoms with Gasteiger partial charge in [-0.3, -0.25) is 14.4 Å². The van der Waals surface area contributed by atoms with Crippen LogP contribution in [0.3, 0.4) is 0 Å². The quantitative estimate of drug-likeness (QED) is 0.535. The van der Waals surface area contributed by atoms with Crippen LogP contribution in [0.2, 0.25) is 0 Å². The molecule has 1 saturated heterocycles. The molecular weight excluding hydrogens is 423 g/mol. The minimum Gasteiger partial charge on any atom is -0.497 e. The van der Waals surface area contributed by atoms with Gasteiger partial charge in [-0.1, -0.05) is 29.8 Å². The highest BCUT2D eigenvalue weighted by atomic mass is 19.1. The molecule has 1 heterocycles. The van der Waals surface area contributed by atoms with Gasteiger partial charge in [0.05, 0.1) is 19.2 Å². The van der Waals surface area contributed by atoms with E-state index in [1.165, 1.54) is 24.1 Å². The summed E-state index contributed by atoms with van der Waals surface area (Å²) in [5.41, 5.74) is 2.47. The second-order valence-electron chi connectivity index (χ2n) is 7.91. The average Bonchev–Trinajstić information content (AvgIpc) is 3.12. The van der Waals surface area contributed by atoms with E-state index in [0.29, 0.717) is 22.6 Å². The lowest BCUT2D eigenvalue weighted by atomic mass is 10.1. The van der Waals surface area contributed by atoms with Gasteiger partial charge in [0.15, 0.2) is 0 Å². The summed E-state index contributed by atoms with van der Waals surface area (Å²) in [6.45, 7) is 1.97. The first kappa shape index (κ1) is 22.2. The predicted octanol–water partition coefficient (Wildman–Crippen LogP) is 4.12. The highest BCUT2D eigenvalue weighted by Crippen LogP contribution is 2.28. The number of rotatable bonds is 6. The molecule has 0 bridgehead atoms. The second kappa shape index (κ2) is 9.24. The number of hydrogen-bond donors (Lipinski definition) is 0. The maximum absolute atomic E-state index is 13.5. The van der Waals surface area contributed by atoms with Gasteiger partial charge in [-0.15, -0.1) is 0 Å². The van der Waals surface area contributed by atoms with E-state index < -0.39 is 23.7 Å². The third-order valence-corrected chi connectivity index (χ3v) is 5.66. The standard InChI is InChI=1S/C26H23FN2O4/c1-17-3-11-21(12-4-17)29-24(30)15-23(26(29)32)28(16-18-5-9-20(27)10-6-18)25(31)19-7-13-22(33-2)14-8-19/h3-14,23H,15-16H2,1-2H3. The van der Waals surface area contributed by atoms with Crippen molar-refractivity contribution in [3.63, 3.8) is 0 Å². The van der Waals surface area contributed by atoms with E-state index >= 15 is 0 Å². The number of amides is 3. The van der Waals surface area contributed by atoms with Crippen LogP contribution in [0.15, 0.2) is 72.8 Å². The van der Waals surface area contributed by atoms with Crippen LogP contribution < -0.4 is 9.64 Å². The number of imide groups is 1. The first-order valence-corrected chi connectivity index (χ1v) is 10.5. The zero-order valence-electron chi connectivity index (χ0n) is 18.3. The number of nitrogens with zero attached hydrogens (tertiary/aromatic N) is 2. The SMILES string of the molecule is COc1ccc(C(=O)N(Cc2ccc(F)cc2)C2CC(=O)N(c3ccc(C)cc3)C2=O)cc1. The Hall–Kier alpha value is -4.00. The van der Waals surface area contributed by atoms with E-state index in [1.807, 2.05) is 19.1 Å². The molecule has 3 aromatic rings. The number of carbonyl (C=O) groups is 3. The smallest absolute Gasteiger partial charge is 0.257 e. The number of halogens is 1. The maximum atomic E-state index is 13.5. The predicted molar refractivity (Wildman–Crippen MR) is 121 cm³/mol. The largest absolute Gasteiger partial charge is 0.497 e. The van der Waals surface area contributed by atoms with Gasteiger partial charge in [0, 0.05) is 12.1 Å². The summed E-state index contributed by atoms with van der Waals surface area (Å²) < 4.78 is 18.6. The summed E-state index contributed by atoms with van der Waals surface area (Å²) >= 11 is 0. The molecule has 0 spiro atoms.